The van der Waals surface area contributed by atoms with Crippen molar-refractivity contribution in [2.75, 3.05) is 0 Å². The fourth-order valence-corrected chi connectivity index (χ4v) is 0.947. The smallest absolute Gasteiger partial charge is 0.0445 e. The third-order valence-electron chi connectivity index (χ3n) is 2.00. The van der Waals surface area contributed by atoms with Crippen molar-refractivity contribution in [2.45, 2.75) is 60.3 Å². The molecule has 0 heterocycles. The van der Waals surface area contributed by atoms with Crippen LogP contribution < -0.4 is 0 Å². The topological polar surface area (TPSA) is 0 Å². The SMILES string of the molecule is C.CCCCCC(C)CC. The first-order chi connectivity index (χ1) is 4.31. The van der Waals surface area contributed by atoms with Gasteiger partial charge in [-0.25, -0.2) is 0 Å². The molecule has 0 heteroatoms. The highest BCUT2D eigenvalue weighted by Crippen LogP contribution is 2.11. The van der Waals surface area contributed by atoms with Crippen LogP contribution in [0.5, 0.6) is 0 Å². The molecule has 0 bridgehead atoms. The average molecular weight is 144 g/mol. The second-order valence-electron chi connectivity index (χ2n) is 3.01. The molecule has 0 fully saturated rings. The molecule has 0 N–H and O–H groups in total. The van der Waals surface area contributed by atoms with Crippen molar-refractivity contribution >= 4 is 0 Å². The Labute approximate surface area is 67.0 Å². The van der Waals surface area contributed by atoms with Crippen molar-refractivity contribution in [3.8, 4) is 0 Å². The van der Waals surface area contributed by atoms with Crippen LogP contribution in [0.15, 0.2) is 0 Å². The Balaban J connectivity index is 0. The van der Waals surface area contributed by atoms with Gasteiger partial charge in [-0.1, -0.05) is 60.3 Å². The summed E-state index contributed by atoms with van der Waals surface area (Å²) < 4.78 is 0. The molecular formula is C10H24. The lowest BCUT2D eigenvalue weighted by atomic mass is 10.0. The summed E-state index contributed by atoms with van der Waals surface area (Å²) in [4.78, 5) is 0. The monoisotopic (exact) mass is 144 g/mol. The molecule has 0 radical (unpaired) electrons. The van der Waals surface area contributed by atoms with E-state index in [4.69, 9.17) is 0 Å². The minimum atomic E-state index is 0. The highest BCUT2D eigenvalue weighted by molar-refractivity contribution is 4.49. The van der Waals surface area contributed by atoms with Crippen LogP contribution >= 0.6 is 0 Å². The molecule has 0 aromatic rings. The Morgan fingerprint density at radius 2 is 1.70 bits per heavy atom. The van der Waals surface area contributed by atoms with Crippen LogP contribution in [0.1, 0.15) is 60.3 Å². The van der Waals surface area contributed by atoms with Crippen LogP contribution in [0.4, 0.5) is 0 Å². The zero-order chi connectivity index (χ0) is 7.11. The maximum absolute atomic E-state index is 2.34. The first-order valence-electron chi connectivity index (χ1n) is 4.31. The summed E-state index contributed by atoms with van der Waals surface area (Å²) in [5, 5.41) is 0. The van der Waals surface area contributed by atoms with E-state index in [1.54, 1.807) is 0 Å². The molecular weight excluding hydrogens is 120 g/mol. The molecule has 0 saturated carbocycles. The van der Waals surface area contributed by atoms with Crippen molar-refractivity contribution in [1.82, 2.24) is 0 Å². The maximum Gasteiger partial charge on any atom is -0.0445 e. The van der Waals surface area contributed by atoms with Gasteiger partial charge in [0.05, 0.1) is 0 Å². The predicted molar refractivity (Wildman–Crippen MR) is 50.3 cm³/mol. The zero-order valence-electron chi connectivity index (χ0n) is 7.11. The number of unbranched alkanes of at least 4 members (excludes halogenated alkanes) is 2. The summed E-state index contributed by atoms with van der Waals surface area (Å²) in [6, 6.07) is 0. The van der Waals surface area contributed by atoms with Gasteiger partial charge in [0.2, 0.25) is 0 Å². The van der Waals surface area contributed by atoms with Gasteiger partial charge in [0.1, 0.15) is 0 Å². The van der Waals surface area contributed by atoms with Crippen molar-refractivity contribution in [3.63, 3.8) is 0 Å². The quantitative estimate of drug-likeness (QED) is 0.506. The van der Waals surface area contributed by atoms with Crippen LogP contribution in [0.2, 0.25) is 0 Å². The molecule has 0 aliphatic heterocycles. The van der Waals surface area contributed by atoms with Crippen LogP contribution in [-0.4, -0.2) is 0 Å². The second kappa shape index (κ2) is 9.00. The van der Waals surface area contributed by atoms with Crippen molar-refractivity contribution in [2.24, 2.45) is 5.92 Å². The number of hydrogen-bond acceptors (Lipinski definition) is 0. The normalized spacial score (nSPS) is 12.3. The molecule has 1 unspecified atom stereocenters. The Bertz CT molecular complexity index is 48.0. The molecule has 0 amide bonds. The van der Waals surface area contributed by atoms with Gasteiger partial charge in [0.25, 0.3) is 0 Å². The molecule has 0 aromatic carbocycles. The van der Waals surface area contributed by atoms with E-state index in [-0.39, 0.29) is 7.43 Å². The fourth-order valence-electron chi connectivity index (χ4n) is 0.947. The molecule has 0 aromatic heterocycles. The van der Waals surface area contributed by atoms with Crippen LogP contribution in [-0.2, 0) is 0 Å². The van der Waals surface area contributed by atoms with E-state index in [2.05, 4.69) is 20.8 Å². The Morgan fingerprint density at radius 1 is 1.10 bits per heavy atom. The van der Waals surface area contributed by atoms with Gasteiger partial charge in [-0.05, 0) is 5.92 Å². The number of rotatable bonds is 5. The molecule has 0 aliphatic carbocycles. The van der Waals surface area contributed by atoms with Crippen molar-refractivity contribution in [3.05, 3.63) is 0 Å². The van der Waals surface area contributed by atoms with E-state index < -0.39 is 0 Å². The molecule has 0 saturated heterocycles. The Hall–Kier alpha value is 0. The molecule has 0 nitrogen and oxygen atoms in total. The van der Waals surface area contributed by atoms with Gasteiger partial charge < -0.3 is 0 Å². The molecule has 1 atom stereocenters. The van der Waals surface area contributed by atoms with Crippen molar-refractivity contribution < 1.29 is 0 Å². The van der Waals surface area contributed by atoms with Gasteiger partial charge in [-0.15, -0.1) is 0 Å². The van der Waals surface area contributed by atoms with Gasteiger partial charge in [-0.3, -0.25) is 0 Å². The van der Waals surface area contributed by atoms with E-state index in [9.17, 15) is 0 Å². The first kappa shape index (κ1) is 12.7. The van der Waals surface area contributed by atoms with Gasteiger partial charge in [-0.2, -0.15) is 0 Å². The van der Waals surface area contributed by atoms with Crippen LogP contribution in [0, 0.1) is 5.92 Å². The van der Waals surface area contributed by atoms with Gasteiger partial charge >= 0.3 is 0 Å². The van der Waals surface area contributed by atoms with E-state index in [0.717, 1.165) is 5.92 Å². The lowest BCUT2D eigenvalue weighted by molar-refractivity contribution is 0.482. The third-order valence-corrected chi connectivity index (χ3v) is 2.00. The minimum Gasteiger partial charge on any atom is -0.0776 e. The molecule has 0 aliphatic rings. The summed E-state index contributed by atoms with van der Waals surface area (Å²) in [5.41, 5.74) is 0. The highest BCUT2D eigenvalue weighted by atomic mass is 14.0. The van der Waals surface area contributed by atoms with Crippen LogP contribution in [0.3, 0.4) is 0 Å². The van der Waals surface area contributed by atoms with Gasteiger partial charge in [0, 0.05) is 0 Å². The van der Waals surface area contributed by atoms with E-state index in [1.165, 1.54) is 32.1 Å². The summed E-state index contributed by atoms with van der Waals surface area (Å²) >= 11 is 0. The zero-order valence-corrected chi connectivity index (χ0v) is 7.11. The fraction of sp³-hybridized carbons (Fsp3) is 1.00. The standard InChI is InChI=1S/C9H20.CH4/c1-4-6-7-8-9(3)5-2;/h9H,4-8H2,1-3H3;1H4. The summed E-state index contributed by atoms with van der Waals surface area (Å²) in [7, 11) is 0. The van der Waals surface area contributed by atoms with Crippen molar-refractivity contribution in [1.29, 1.82) is 0 Å². The summed E-state index contributed by atoms with van der Waals surface area (Å²) in [6.45, 7) is 6.88. The van der Waals surface area contributed by atoms with E-state index >= 15 is 0 Å². The van der Waals surface area contributed by atoms with E-state index in [1.807, 2.05) is 0 Å². The first-order valence-corrected chi connectivity index (χ1v) is 4.31. The second-order valence-corrected chi connectivity index (χ2v) is 3.01. The van der Waals surface area contributed by atoms with Crippen LogP contribution in [0.25, 0.3) is 0 Å². The van der Waals surface area contributed by atoms with Gasteiger partial charge in [0.15, 0.2) is 0 Å². The Kier molecular flexibility index (Phi) is 11.4. The summed E-state index contributed by atoms with van der Waals surface area (Å²) in [6.07, 6.45) is 7.00. The minimum absolute atomic E-state index is 0. The summed E-state index contributed by atoms with van der Waals surface area (Å²) in [5.74, 6) is 0.955. The lowest BCUT2D eigenvalue weighted by Crippen LogP contribution is -1.90. The highest BCUT2D eigenvalue weighted by Gasteiger charge is 1.95. The molecule has 0 spiro atoms. The average Bonchev–Trinajstić information content (AvgIpc) is 1.89. The largest absolute Gasteiger partial charge is 0.0776 e. The molecule has 10 heavy (non-hydrogen) atoms. The predicted octanol–water partition coefficient (Wildman–Crippen LogP) is 4.25. The maximum atomic E-state index is 2.34. The Morgan fingerprint density at radius 3 is 2.10 bits per heavy atom. The molecule has 0 rings (SSSR count). The number of hydrogen-bond donors (Lipinski definition) is 0. The van der Waals surface area contributed by atoms with E-state index in [0.29, 0.717) is 0 Å². The lowest BCUT2D eigenvalue weighted by Gasteiger charge is -2.05. The molecule has 64 valence electrons. The third kappa shape index (κ3) is 8.00.